The number of carbonyl (C=O) groups is 2. The van der Waals surface area contributed by atoms with Crippen LogP contribution in [0, 0.1) is 12.7 Å². The van der Waals surface area contributed by atoms with E-state index in [1.165, 1.54) is 6.07 Å². The van der Waals surface area contributed by atoms with E-state index in [9.17, 15) is 19.1 Å². The van der Waals surface area contributed by atoms with Crippen LogP contribution in [0.2, 0.25) is 0 Å². The summed E-state index contributed by atoms with van der Waals surface area (Å²) in [6.07, 6.45) is 1.06. The molecule has 1 aliphatic heterocycles. The van der Waals surface area contributed by atoms with Crippen molar-refractivity contribution >= 4 is 11.8 Å². The third-order valence-electron chi connectivity index (χ3n) is 5.61. The van der Waals surface area contributed by atoms with E-state index in [0.717, 1.165) is 11.1 Å². The van der Waals surface area contributed by atoms with Crippen LogP contribution in [-0.4, -0.2) is 58.5 Å². The molecular weight excluding hydrogens is 359 g/mol. The first-order valence-electron chi connectivity index (χ1n) is 9.55. The minimum atomic E-state index is -1.16. The Hall–Kier alpha value is -2.73. The molecule has 28 heavy (non-hydrogen) atoms. The van der Waals surface area contributed by atoms with Crippen LogP contribution in [0.1, 0.15) is 28.8 Å². The maximum Gasteiger partial charge on any atom is 0.254 e. The molecule has 4 rings (SSSR count). The highest BCUT2D eigenvalue weighted by Crippen LogP contribution is 2.37. The molecule has 0 unspecified atom stereocenters. The summed E-state index contributed by atoms with van der Waals surface area (Å²) in [5.74, 6) is -0.547. The smallest absolute Gasteiger partial charge is 0.254 e. The van der Waals surface area contributed by atoms with Crippen LogP contribution < -0.4 is 0 Å². The standard InChI is InChI=1S/C22H23FN2O3/c1-15-2-3-18(14-19(15)23)16-4-6-17(7-5-16)20(26)24-10-12-25(13-11-24)21(27)22(28)8-9-22/h2-7,14,28H,8-13H2,1H3. The van der Waals surface area contributed by atoms with Crippen molar-refractivity contribution < 1.29 is 19.1 Å². The fourth-order valence-electron chi connectivity index (χ4n) is 3.50. The number of amides is 2. The van der Waals surface area contributed by atoms with Gasteiger partial charge in [-0.25, -0.2) is 4.39 Å². The van der Waals surface area contributed by atoms with Crippen LogP contribution in [-0.2, 0) is 4.79 Å². The molecule has 0 radical (unpaired) electrons. The fourth-order valence-corrected chi connectivity index (χ4v) is 3.50. The number of aryl methyl sites for hydroxylation is 1. The van der Waals surface area contributed by atoms with Gasteiger partial charge < -0.3 is 14.9 Å². The largest absolute Gasteiger partial charge is 0.380 e. The van der Waals surface area contributed by atoms with Crippen molar-refractivity contribution in [2.24, 2.45) is 0 Å². The van der Waals surface area contributed by atoms with Gasteiger partial charge in [0.25, 0.3) is 11.8 Å². The minimum absolute atomic E-state index is 0.0844. The lowest BCUT2D eigenvalue weighted by atomic mass is 10.0. The van der Waals surface area contributed by atoms with Crippen LogP contribution in [0.5, 0.6) is 0 Å². The minimum Gasteiger partial charge on any atom is -0.380 e. The van der Waals surface area contributed by atoms with Crippen molar-refractivity contribution in [3.8, 4) is 11.1 Å². The van der Waals surface area contributed by atoms with Gasteiger partial charge in [-0.3, -0.25) is 9.59 Å². The van der Waals surface area contributed by atoms with E-state index in [4.69, 9.17) is 0 Å². The first-order valence-corrected chi connectivity index (χ1v) is 9.55. The Morgan fingerprint density at radius 3 is 2.07 bits per heavy atom. The highest BCUT2D eigenvalue weighted by molar-refractivity contribution is 5.95. The molecule has 2 aromatic rings. The number of nitrogens with zero attached hydrogens (tertiary/aromatic N) is 2. The number of halogens is 1. The van der Waals surface area contributed by atoms with Gasteiger partial charge in [0.15, 0.2) is 0 Å². The zero-order valence-electron chi connectivity index (χ0n) is 15.8. The number of aliphatic hydroxyl groups is 1. The van der Waals surface area contributed by atoms with E-state index in [1.54, 1.807) is 34.9 Å². The SMILES string of the molecule is Cc1ccc(-c2ccc(C(=O)N3CCN(C(=O)C4(O)CC4)CC3)cc2)cc1F. The maximum absolute atomic E-state index is 13.8. The molecule has 2 aliphatic rings. The number of hydrogen-bond acceptors (Lipinski definition) is 3. The van der Waals surface area contributed by atoms with E-state index in [-0.39, 0.29) is 17.6 Å². The molecule has 0 atom stereocenters. The van der Waals surface area contributed by atoms with Crippen molar-refractivity contribution in [2.45, 2.75) is 25.4 Å². The summed E-state index contributed by atoms with van der Waals surface area (Å²) in [6, 6.07) is 12.2. The number of rotatable bonds is 3. The lowest BCUT2D eigenvalue weighted by molar-refractivity contribution is -0.143. The lowest BCUT2D eigenvalue weighted by Crippen LogP contribution is -2.53. The number of carbonyl (C=O) groups excluding carboxylic acids is 2. The Morgan fingerprint density at radius 1 is 0.929 bits per heavy atom. The highest BCUT2D eigenvalue weighted by Gasteiger charge is 2.50. The first-order chi connectivity index (χ1) is 13.4. The Kier molecular flexibility index (Phi) is 4.67. The molecule has 6 heteroatoms. The fraction of sp³-hybridized carbons (Fsp3) is 0.364. The van der Waals surface area contributed by atoms with E-state index in [0.29, 0.717) is 50.1 Å². The summed E-state index contributed by atoms with van der Waals surface area (Å²) in [5, 5.41) is 9.96. The van der Waals surface area contributed by atoms with Gasteiger partial charge in [0, 0.05) is 31.7 Å². The van der Waals surface area contributed by atoms with Crippen molar-refractivity contribution in [3.63, 3.8) is 0 Å². The topological polar surface area (TPSA) is 60.9 Å². The molecule has 0 bridgehead atoms. The number of piperazine rings is 1. The van der Waals surface area contributed by atoms with Gasteiger partial charge in [-0.2, -0.15) is 0 Å². The molecule has 1 N–H and O–H groups in total. The molecule has 1 saturated heterocycles. The Labute approximate surface area is 163 Å². The summed E-state index contributed by atoms with van der Waals surface area (Å²) in [4.78, 5) is 28.3. The molecule has 5 nitrogen and oxygen atoms in total. The van der Waals surface area contributed by atoms with E-state index in [2.05, 4.69) is 0 Å². The predicted molar refractivity (Wildman–Crippen MR) is 103 cm³/mol. The summed E-state index contributed by atoms with van der Waals surface area (Å²) >= 11 is 0. The van der Waals surface area contributed by atoms with Gasteiger partial charge in [0.1, 0.15) is 11.4 Å². The van der Waals surface area contributed by atoms with Crippen molar-refractivity contribution in [1.82, 2.24) is 9.80 Å². The molecule has 1 heterocycles. The monoisotopic (exact) mass is 382 g/mol. The maximum atomic E-state index is 13.8. The number of benzene rings is 2. The molecule has 0 spiro atoms. The van der Waals surface area contributed by atoms with Gasteiger partial charge in [0.05, 0.1) is 0 Å². The quantitative estimate of drug-likeness (QED) is 0.888. The summed E-state index contributed by atoms with van der Waals surface area (Å²) < 4.78 is 13.8. The second kappa shape index (κ2) is 7.02. The Balaban J connectivity index is 1.40. The normalized spacial score (nSPS) is 18.1. The zero-order valence-corrected chi connectivity index (χ0v) is 15.8. The molecule has 0 aromatic heterocycles. The predicted octanol–water partition coefficient (Wildman–Crippen LogP) is 2.61. The van der Waals surface area contributed by atoms with Gasteiger partial charge in [-0.05, 0) is 54.7 Å². The van der Waals surface area contributed by atoms with Gasteiger partial charge in [-0.15, -0.1) is 0 Å². The van der Waals surface area contributed by atoms with E-state index < -0.39 is 5.60 Å². The highest BCUT2D eigenvalue weighted by atomic mass is 19.1. The van der Waals surface area contributed by atoms with Crippen LogP contribution >= 0.6 is 0 Å². The Morgan fingerprint density at radius 2 is 1.50 bits per heavy atom. The van der Waals surface area contributed by atoms with Crippen LogP contribution in [0.3, 0.4) is 0 Å². The van der Waals surface area contributed by atoms with Crippen molar-refractivity contribution in [3.05, 3.63) is 59.4 Å². The molecule has 146 valence electrons. The third kappa shape index (κ3) is 3.52. The second-order valence-electron chi connectivity index (χ2n) is 7.66. The summed E-state index contributed by atoms with van der Waals surface area (Å²) in [7, 11) is 0. The van der Waals surface area contributed by atoms with Crippen molar-refractivity contribution in [1.29, 1.82) is 0 Å². The summed E-state index contributed by atoms with van der Waals surface area (Å²) in [5.41, 5.74) is 1.63. The number of hydrogen-bond donors (Lipinski definition) is 1. The van der Waals surface area contributed by atoms with E-state index >= 15 is 0 Å². The molecule has 1 saturated carbocycles. The average Bonchev–Trinajstić information content (AvgIpc) is 3.48. The molecule has 2 aromatic carbocycles. The third-order valence-corrected chi connectivity index (χ3v) is 5.61. The zero-order chi connectivity index (χ0) is 19.9. The Bertz CT molecular complexity index is 914. The average molecular weight is 382 g/mol. The summed E-state index contributed by atoms with van der Waals surface area (Å²) in [6.45, 7) is 3.50. The molecule has 2 fully saturated rings. The molecule has 1 aliphatic carbocycles. The van der Waals surface area contributed by atoms with E-state index in [1.807, 2.05) is 18.2 Å². The van der Waals surface area contributed by atoms with Gasteiger partial charge >= 0.3 is 0 Å². The van der Waals surface area contributed by atoms with Crippen LogP contribution in [0.25, 0.3) is 11.1 Å². The molecular formula is C22H23FN2O3. The van der Waals surface area contributed by atoms with Crippen LogP contribution in [0.4, 0.5) is 4.39 Å². The molecule has 2 amide bonds. The van der Waals surface area contributed by atoms with Gasteiger partial charge in [-0.1, -0.05) is 24.3 Å². The second-order valence-corrected chi connectivity index (χ2v) is 7.66. The van der Waals surface area contributed by atoms with Gasteiger partial charge in [0.2, 0.25) is 0 Å². The first kappa shape index (κ1) is 18.6. The van der Waals surface area contributed by atoms with Crippen molar-refractivity contribution in [2.75, 3.05) is 26.2 Å². The lowest BCUT2D eigenvalue weighted by Gasteiger charge is -2.35. The van der Waals surface area contributed by atoms with Crippen LogP contribution in [0.15, 0.2) is 42.5 Å².